The van der Waals surface area contributed by atoms with Gasteiger partial charge in [0.1, 0.15) is 0 Å². The number of rotatable bonds is 3. The highest BCUT2D eigenvalue weighted by Crippen LogP contribution is 2.16. The smallest absolute Gasteiger partial charge is 0.267 e. The Kier molecular flexibility index (Phi) is 3.59. The van der Waals surface area contributed by atoms with Crippen molar-refractivity contribution in [3.63, 3.8) is 0 Å². The highest BCUT2D eigenvalue weighted by atomic mass is 35.5. The molecule has 0 amide bonds. The summed E-state index contributed by atoms with van der Waals surface area (Å²) in [6, 6.07) is 4.74. The van der Waals surface area contributed by atoms with Crippen molar-refractivity contribution >= 4 is 22.4 Å². The fourth-order valence-electron chi connectivity index (χ4n) is 1.90. The highest BCUT2D eigenvalue weighted by molar-refractivity contribution is 6.35. The first-order chi connectivity index (χ1) is 9.07. The Labute approximate surface area is 112 Å². The largest absolute Gasteiger partial charge is 0.274 e. The van der Waals surface area contributed by atoms with E-state index in [9.17, 15) is 9.59 Å². The Morgan fingerprint density at radius 3 is 2.79 bits per heavy atom. The van der Waals surface area contributed by atoms with E-state index in [2.05, 4.69) is 10.0 Å². The Hall–Kier alpha value is -2.24. The molecule has 0 atom stereocenters. The second-order valence-electron chi connectivity index (χ2n) is 3.87. The molecule has 0 spiro atoms. The molecule has 98 valence electrons. The second-order valence-corrected chi connectivity index (χ2v) is 4.28. The maximum Gasteiger partial charge on any atom is 0.274 e. The van der Waals surface area contributed by atoms with Gasteiger partial charge in [-0.05, 0) is 17.7 Å². The molecule has 19 heavy (non-hydrogen) atoms. The number of benzene rings is 1. The summed E-state index contributed by atoms with van der Waals surface area (Å²) in [5, 5.41) is 4.05. The van der Waals surface area contributed by atoms with Crippen LogP contribution >= 0.6 is 11.6 Å². The number of hydrogen-bond donors (Lipinski definition) is 0. The lowest BCUT2D eigenvalue weighted by molar-refractivity contribution is 0.475. The van der Waals surface area contributed by atoms with Crippen LogP contribution in [-0.2, 0) is 13.6 Å². The predicted octanol–water partition coefficient (Wildman–Crippen LogP) is 1.66. The van der Waals surface area contributed by atoms with Crippen molar-refractivity contribution in [3.8, 4) is 0 Å². The van der Waals surface area contributed by atoms with E-state index in [-0.39, 0.29) is 40.0 Å². The Bertz CT molecular complexity index is 801. The second kappa shape index (κ2) is 5.17. The molecule has 7 nitrogen and oxygen atoms in total. The first-order valence-corrected chi connectivity index (χ1v) is 5.85. The van der Waals surface area contributed by atoms with E-state index in [0.717, 1.165) is 0 Å². The molecule has 0 aliphatic rings. The van der Waals surface area contributed by atoms with Crippen molar-refractivity contribution in [3.05, 3.63) is 54.4 Å². The molecule has 1 aromatic heterocycles. The van der Waals surface area contributed by atoms with Crippen LogP contribution in [0, 0.1) is 0 Å². The highest BCUT2D eigenvalue weighted by Gasteiger charge is 2.12. The molecule has 0 saturated carbocycles. The Balaban J connectivity index is 2.79. The summed E-state index contributed by atoms with van der Waals surface area (Å²) in [7, 11) is 1.49. The van der Waals surface area contributed by atoms with Gasteiger partial charge in [-0.1, -0.05) is 22.8 Å². The van der Waals surface area contributed by atoms with Gasteiger partial charge >= 0.3 is 0 Å². The van der Waals surface area contributed by atoms with Crippen molar-refractivity contribution in [2.75, 3.05) is 6.54 Å². The lowest BCUT2D eigenvalue weighted by atomic mass is 10.2. The van der Waals surface area contributed by atoms with Crippen LogP contribution in [0.3, 0.4) is 0 Å². The Morgan fingerprint density at radius 1 is 1.37 bits per heavy atom. The summed E-state index contributed by atoms with van der Waals surface area (Å²) in [6.45, 7) is 0.204. The molecule has 2 aromatic rings. The van der Waals surface area contributed by atoms with Crippen LogP contribution in [0.15, 0.2) is 32.9 Å². The van der Waals surface area contributed by atoms with Gasteiger partial charge in [-0.15, -0.1) is 0 Å². The molecule has 2 rings (SSSR count). The van der Waals surface area contributed by atoms with Crippen LogP contribution in [0.5, 0.6) is 0 Å². The van der Waals surface area contributed by atoms with E-state index < -0.39 is 0 Å². The predicted molar refractivity (Wildman–Crippen MR) is 72.5 cm³/mol. The summed E-state index contributed by atoms with van der Waals surface area (Å²) in [5.74, 6) is 0. The number of aromatic nitrogens is 2. The maximum absolute atomic E-state index is 12.3. The van der Waals surface area contributed by atoms with E-state index >= 15 is 0 Å². The van der Waals surface area contributed by atoms with Crippen LogP contribution < -0.4 is 11.1 Å². The maximum atomic E-state index is 12.3. The van der Waals surface area contributed by atoms with Crippen LogP contribution in [0.2, 0.25) is 5.02 Å². The molecule has 0 radical (unpaired) electrons. The van der Waals surface area contributed by atoms with Gasteiger partial charge in [0.15, 0.2) is 0 Å². The summed E-state index contributed by atoms with van der Waals surface area (Å²) in [5.41, 5.74) is 7.53. The zero-order valence-corrected chi connectivity index (χ0v) is 10.8. The molecule has 1 aromatic carbocycles. The first kappa shape index (κ1) is 13.2. The fraction of sp³-hybridized carbons (Fsp3) is 0.273. The van der Waals surface area contributed by atoms with Gasteiger partial charge in [0, 0.05) is 25.0 Å². The van der Waals surface area contributed by atoms with Gasteiger partial charge in [-0.3, -0.25) is 14.3 Å². The van der Waals surface area contributed by atoms with Gasteiger partial charge < -0.3 is 0 Å². The van der Waals surface area contributed by atoms with Gasteiger partial charge in [0.2, 0.25) is 0 Å². The fourth-order valence-corrected chi connectivity index (χ4v) is 2.16. The van der Waals surface area contributed by atoms with E-state index in [0.29, 0.717) is 0 Å². The molecule has 0 saturated heterocycles. The monoisotopic (exact) mass is 279 g/mol. The SMILES string of the molecule is Cn1c(=O)c2cccc(Cl)c2c(=O)n1CCN=[N+]=[N-]. The molecular formula is C11H10ClN5O2. The summed E-state index contributed by atoms with van der Waals surface area (Å²) >= 11 is 5.98. The van der Waals surface area contributed by atoms with Crippen molar-refractivity contribution < 1.29 is 0 Å². The summed E-state index contributed by atoms with van der Waals surface area (Å²) < 4.78 is 2.42. The van der Waals surface area contributed by atoms with Gasteiger partial charge in [-0.2, -0.15) is 0 Å². The minimum absolute atomic E-state index is 0.0830. The third kappa shape index (κ3) is 2.21. The van der Waals surface area contributed by atoms with Crippen molar-refractivity contribution in [2.45, 2.75) is 6.54 Å². The topological polar surface area (TPSA) is 92.8 Å². The molecule has 0 aliphatic carbocycles. The number of nitrogens with zero attached hydrogens (tertiary/aromatic N) is 5. The zero-order chi connectivity index (χ0) is 14.0. The minimum atomic E-state index is -0.379. The summed E-state index contributed by atoms with van der Waals surface area (Å²) in [4.78, 5) is 27.0. The molecule has 0 bridgehead atoms. The molecule has 8 heteroatoms. The van der Waals surface area contributed by atoms with E-state index in [1.807, 2.05) is 0 Å². The quantitative estimate of drug-likeness (QED) is 0.485. The Morgan fingerprint density at radius 2 is 2.11 bits per heavy atom. The van der Waals surface area contributed by atoms with Crippen molar-refractivity contribution in [2.24, 2.45) is 12.2 Å². The normalized spacial score (nSPS) is 10.4. The number of azide groups is 1. The molecule has 0 N–H and O–H groups in total. The average Bonchev–Trinajstić information content (AvgIpc) is 2.40. The van der Waals surface area contributed by atoms with Crippen LogP contribution in [0.4, 0.5) is 0 Å². The van der Waals surface area contributed by atoms with Crippen LogP contribution in [0.1, 0.15) is 0 Å². The molecule has 0 unspecified atom stereocenters. The number of halogens is 1. The van der Waals surface area contributed by atoms with E-state index in [4.69, 9.17) is 17.1 Å². The van der Waals surface area contributed by atoms with Crippen LogP contribution in [-0.4, -0.2) is 15.9 Å². The third-order valence-corrected chi connectivity index (χ3v) is 3.14. The molecule has 0 aliphatic heterocycles. The molecule has 1 heterocycles. The standard InChI is InChI=1S/C11H10ClN5O2/c1-16-10(18)7-3-2-4-8(12)9(7)11(19)17(16)6-5-14-15-13/h2-4H,5-6H2,1H3. The van der Waals surface area contributed by atoms with Crippen molar-refractivity contribution in [1.29, 1.82) is 0 Å². The van der Waals surface area contributed by atoms with Gasteiger partial charge in [0.25, 0.3) is 11.1 Å². The van der Waals surface area contributed by atoms with Gasteiger partial charge in [0.05, 0.1) is 15.8 Å². The molecular weight excluding hydrogens is 270 g/mol. The van der Waals surface area contributed by atoms with Gasteiger partial charge in [-0.25, -0.2) is 4.68 Å². The van der Waals surface area contributed by atoms with E-state index in [1.165, 1.54) is 16.4 Å². The summed E-state index contributed by atoms with van der Waals surface area (Å²) in [6.07, 6.45) is 0. The van der Waals surface area contributed by atoms with E-state index in [1.54, 1.807) is 18.2 Å². The number of fused-ring (bicyclic) bond motifs is 1. The lowest BCUT2D eigenvalue weighted by Crippen LogP contribution is -2.37. The minimum Gasteiger partial charge on any atom is -0.267 e. The average molecular weight is 280 g/mol. The van der Waals surface area contributed by atoms with Crippen LogP contribution in [0.25, 0.3) is 21.2 Å². The third-order valence-electron chi connectivity index (χ3n) is 2.82. The zero-order valence-electron chi connectivity index (χ0n) is 10.1. The first-order valence-electron chi connectivity index (χ1n) is 5.47. The number of hydrogen-bond acceptors (Lipinski definition) is 3. The van der Waals surface area contributed by atoms with Crippen molar-refractivity contribution in [1.82, 2.24) is 9.36 Å². The lowest BCUT2D eigenvalue weighted by Gasteiger charge is -2.12. The molecule has 0 fully saturated rings.